The topological polar surface area (TPSA) is 8.17 Å². The van der Waals surface area contributed by atoms with Crippen LogP contribution in [0.5, 0.6) is 0 Å². The van der Waals surface area contributed by atoms with Gasteiger partial charge >= 0.3 is 0 Å². The molecular weight excluding hydrogens is 869 g/mol. The second kappa shape index (κ2) is 16.4. The highest BCUT2D eigenvalue weighted by Gasteiger charge is 2.53. The monoisotopic (exact) mass is 920 g/mol. The Kier molecular flexibility index (Phi) is 9.63. The van der Waals surface area contributed by atoms with Gasteiger partial charge in [-0.1, -0.05) is 220 Å². The van der Waals surface area contributed by atoms with Crippen LogP contribution in [-0.4, -0.2) is 4.57 Å². The molecule has 72 heavy (non-hydrogen) atoms. The van der Waals surface area contributed by atoms with Crippen LogP contribution in [0, 0.1) is 5.92 Å². The number of fused-ring (bicyclic) bond motifs is 9. The molecule has 0 amide bonds. The minimum atomic E-state index is -0.337. The fraction of sp³-hybridized carbons (Fsp3) is 0.0857. The summed E-state index contributed by atoms with van der Waals surface area (Å²) in [5, 5.41) is 2.55. The van der Waals surface area contributed by atoms with Crippen LogP contribution in [0.4, 0.5) is 17.1 Å². The number of hydrogen-bond donors (Lipinski definition) is 0. The van der Waals surface area contributed by atoms with Gasteiger partial charge in [0.15, 0.2) is 0 Å². The summed E-state index contributed by atoms with van der Waals surface area (Å²) in [4.78, 5) is 2.44. The summed E-state index contributed by atoms with van der Waals surface area (Å²) < 4.78 is 2.44. The summed E-state index contributed by atoms with van der Waals surface area (Å²) in [6.45, 7) is 4.80. The maximum Gasteiger partial charge on any atom is 0.0541 e. The zero-order valence-electron chi connectivity index (χ0n) is 40.5. The molecule has 342 valence electrons. The van der Waals surface area contributed by atoms with E-state index in [1.807, 2.05) is 0 Å². The van der Waals surface area contributed by atoms with Crippen LogP contribution in [0.3, 0.4) is 0 Å². The highest BCUT2D eigenvalue weighted by atomic mass is 15.1. The summed E-state index contributed by atoms with van der Waals surface area (Å²) in [6.07, 6.45) is 9.40. The standard InChI is InChI=1S/C70H52N2/c1-69(2)64-45-54(41-43-57(64)58-44-42-55(46-65(58)69)72-66-31-16-13-25-59(66)60-26-14-17-32-67(60)72)71(52-37-33-48(34-38-52)47-19-6-3-7-20-47)53-39-35-49(36-40-53)56-28-18-30-63-68(56)61-27-12-15-29-62(61)70(63,50-21-8-4-9-22-50)51-23-10-5-11-24-51/h3-46,61-62H,1-2H3. The normalized spacial score (nSPS) is 16.6. The van der Waals surface area contributed by atoms with Gasteiger partial charge in [0.25, 0.3) is 0 Å². The van der Waals surface area contributed by atoms with E-state index in [0.29, 0.717) is 0 Å². The fourth-order valence-electron chi connectivity index (χ4n) is 13.1. The molecule has 0 saturated carbocycles. The Morgan fingerprint density at radius 3 is 1.54 bits per heavy atom. The quantitative estimate of drug-likeness (QED) is 0.147. The molecule has 2 heteroatoms. The van der Waals surface area contributed by atoms with Crippen molar-refractivity contribution in [2.24, 2.45) is 5.92 Å². The summed E-state index contributed by atoms with van der Waals surface area (Å²) in [5.74, 6) is 0.449. The van der Waals surface area contributed by atoms with Gasteiger partial charge in [-0.05, 0) is 127 Å². The Balaban J connectivity index is 0.883. The maximum atomic E-state index is 2.46. The molecule has 11 aromatic rings. The van der Waals surface area contributed by atoms with E-state index in [1.165, 1.54) is 94.3 Å². The zero-order valence-corrected chi connectivity index (χ0v) is 40.5. The van der Waals surface area contributed by atoms with Crippen molar-refractivity contribution in [3.8, 4) is 39.1 Å². The van der Waals surface area contributed by atoms with Crippen LogP contribution in [0.1, 0.15) is 53.1 Å². The Bertz CT molecular complexity index is 3840. The molecule has 10 aromatic carbocycles. The second-order valence-corrected chi connectivity index (χ2v) is 20.4. The van der Waals surface area contributed by atoms with Crippen molar-refractivity contribution in [2.45, 2.75) is 30.6 Å². The lowest BCUT2D eigenvalue weighted by Crippen LogP contribution is -2.34. The number of rotatable bonds is 8. The summed E-state index contributed by atoms with van der Waals surface area (Å²) in [7, 11) is 0. The lowest BCUT2D eigenvalue weighted by molar-refractivity contribution is 0.457. The molecule has 0 bridgehead atoms. The molecule has 14 rings (SSSR count). The molecule has 0 saturated heterocycles. The maximum absolute atomic E-state index is 2.46. The number of aromatic nitrogens is 1. The van der Waals surface area contributed by atoms with Crippen molar-refractivity contribution in [1.82, 2.24) is 4.57 Å². The molecule has 0 spiro atoms. The van der Waals surface area contributed by atoms with Crippen LogP contribution in [0.25, 0.3) is 60.9 Å². The van der Waals surface area contributed by atoms with Gasteiger partial charge in [-0.3, -0.25) is 0 Å². The van der Waals surface area contributed by atoms with Crippen LogP contribution in [-0.2, 0) is 10.8 Å². The summed E-state index contributed by atoms with van der Waals surface area (Å²) in [6, 6.07) is 90.3. The van der Waals surface area contributed by atoms with E-state index in [-0.39, 0.29) is 22.7 Å². The van der Waals surface area contributed by atoms with Crippen LogP contribution in [0.15, 0.2) is 267 Å². The first-order chi connectivity index (χ1) is 35.5. The number of hydrogen-bond acceptors (Lipinski definition) is 1. The van der Waals surface area contributed by atoms with Gasteiger partial charge in [-0.15, -0.1) is 0 Å². The van der Waals surface area contributed by atoms with Crippen molar-refractivity contribution in [3.05, 3.63) is 300 Å². The Hall–Kier alpha value is -8.72. The van der Waals surface area contributed by atoms with Crippen molar-refractivity contribution < 1.29 is 0 Å². The third-order valence-electron chi connectivity index (χ3n) is 16.4. The van der Waals surface area contributed by atoms with Gasteiger partial charge in [0.2, 0.25) is 0 Å². The molecule has 0 fully saturated rings. The molecule has 2 unspecified atom stereocenters. The van der Waals surface area contributed by atoms with E-state index in [2.05, 4.69) is 290 Å². The molecule has 2 nitrogen and oxygen atoms in total. The lowest BCUT2D eigenvalue weighted by atomic mass is 9.63. The van der Waals surface area contributed by atoms with Gasteiger partial charge < -0.3 is 9.47 Å². The van der Waals surface area contributed by atoms with Crippen molar-refractivity contribution >= 4 is 38.9 Å². The minimum absolute atomic E-state index is 0.220. The molecule has 1 heterocycles. The van der Waals surface area contributed by atoms with Gasteiger partial charge in [-0.2, -0.15) is 0 Å². The summed E-state index contributed by atoms with van der Waals surface area (Å²) >= 11 is 0. The molecular formula is C70H52N2. The van der Waals surface area contributed by atoms with Crippen LogP contribution in [0.2, 0.25) is 0 Å². The smallest absolute Gasteiger partial charge is 0.0541 e. The third kappa shape index (κ3) is 6.28. The van der Waals surface area contributed by atoms with Gasteiger partial charge in [0.1, 0.15) is 0 Å². The van der Waals surface area contributed by atoms with Crippen molar-refractivity contribution in [2.75, 3.05) is 4.90 Å². The third-order valence-corrected chi connectivity index (χ3v) is 16.4. The molecule has 0 aliphatic heterocycles. The van der Waals surface area contributed by atoms with E-state index in [9.17, 15) is 0 Å². The average Bonchev–Trinajstić information content (AvgIpc) is 4.03. The molecule has 1 aromatic heterocycles. The van der Waals surface area contributed by atoms with Crippen LogP contribution < -0.4 is 4.90 Å². The largest absolute Gasteiger partial charge is 0.310 e. The zero-order chi connectivity index (χ0) is 48.0. The van der Waals surface area contributed by atoms with E-state index < -0.39 is 0 Å². The molecule has 3 aliphatic carbocycles. The summed E-state index contributed by atoms with van der Waals surface area (Å²) in [5.41, 5.74) is 22.1. The molecule has 0 radical (unpaired) electrons. The van der Waals surface area contributed by atoms with Gasteiger partial charge in [0.05, 0.1) is 16.4 Å². The SMILES string of the molecule is CC1(C)c2cc(N(c3ccc(-c4ccccc4)cc3)c3ccc(-c4cccc5c4C4C=CC=CC4C5(c4ccccc4)c4ccccc4)cc3)ccc2-c2ccc(-n3c4ccccc4c4ccccc43)cc21. The Morgan fingerprint density at radius 1 is 0.389 bits per heavy atom. The number of anilines is 3. The fourth-order valence-corrected chi connectivity index (χ4v) is 13.1. The van der Waals surface area contributed by atoms with Crippen molar-refractivity contribution in [1.29, 1.82) is 0 Å². The number of allylic oxidation sites excluding steroid dienone is 4. The van der Waals surface area contributed by atoms with E-state index in [0.717, 1.165) is 17.1 Å². The van der Waals surface area contributed by atoms with E-state index >= 15 is 0 Å². The molecule has 3 aliphatic rings. The first-order valence-corrected chi connectivity index (χ1v) is 25.4. The van der Waals surface area contributed by atoms with E-state index in [1.54, 1.807) is 0 Å². The highest BCUT2D eigenvalue weighted by molar-refractivity contribution is 6.09. The van der Waals surface area contributed by atoms with E-state index in [4.69, 9.17) is 0 Å². The minimum Gasteiger partial charge on any atom is -0.310 e. The van der Waals surface area contributed by atoms with Gasteiger partial charge in [-0.25, -0.2) is 0 Å². The molecule has 0 N–H and O–H groups in total. The number of nitrogens with zero attached hydrogens (tertiary/aromatic N) is 2. The lowest BCUT2D eigenvalue weighted by Gasteiger charge is -2.38. The van der Waals surface area contributed by atoms with Gasteiger partial charge in [0, 0.05) is 50.8 Å². The average molecular weight is 921 g/mol. The van der Waals surface area contributed by atoms with Crippen molar-refractivity contribution in [3.63, 3.8) is 0 Å². The Morgan fingerprint density at radius 2 is 0.903 bits per heavy atom. The highest BCUT2D eigenvalue weighted by Crippen LogP contribution is 2.61. The Labute approximate surface area is 422 Å². The number of benzene rings is 10. The predicted octanol–water partition coefficient (Wildman–Crippen LogP) is 18.1. The number of para-hydroxylation sites is 2. The second-order valence-electron chi connectivity index (χ2n) is 20.4. The predicted molar refractivity (Wildman–Crippen MR) is 301 cm³/mol. The first-order valence-electron chi connectivity index (χ1n) is 25.4. The van der Waals surface area contributed by atoms with Crippen LogP contribution >= 0.6 is 0 Å². The first kappa shape index (κ1) is 42.2. The molecule has 2 atom stereocenters.